The van der Waals surface area contributed by atoms with E-state index in [1.54, 1.807) is 4.90 Å². The molecule has 0 aromatic heterocycles. The van der Waals surface area contributed by atoms with Crippen LogP contribution >= 0.6 is 0 Å². The Bertz CT molecular complexity index is 495. The third-order valence-corrected chi connectivity index (χ3v) is 3.93. The highest BCUT2D eigenvalue weighted by Gasteiger charge is 2.22. The van der Waals surface area contributed by atoms with Crippen LogP contribution in [0.5, 0.6) is 5.75 Å². The maximum atomic E-state index is 12.1. The van der Waals surface area contributed by atoms with Crippen molar-refractivity contribution < 1.29 is 14.5 Å². The molecule has 1 amide bonds. The lowest BCUT2D eigenvalue weighted by Crippen LogP contribution is -2.40. The van der Waals surface area contributed by atoms with Gasteiger partial charge in [0.1, 0.15) is 5.75 Å². The molecule has 1 aliphatic carbocycles. The lowest BCUT2D eigenvalue weighted by atomic mass is 9.94. The molecule has 0 atom stereocenters. The van der Waals surface area contributed by atoms with Gasteiger partial charge in [0, 0.05) is 25.2 Å². The molecule has 1 aromatic rings. The van der Waals surface area contributed by atoms with E-state index in [-0.39, 0.29) is 18.2 Å². The molecule has 0 unspecified atom stereocenters. The van der Waals surface area contributed by atoms with Gasteiger partial charge in [0.05, 0.1) is 4.92 Å². The molecule has 1 aromatic carbocycles. The monoisotopic (exact) mass is 292 g/mol. The quantitative estimate of drug-likeness (QED) is 0.618. The second-order valence-electron chi connectivity index (χ2n) is 5.34. The average Bonchev–Trinajstić information content (AvgIpc) is 2.53. The van der Waals surface area contributed by atoms with Gasteiger partial charge in [-0.2, -0.15) is 0 Å². The molecule has 114 valence electrons. The summed E-state index contributed by atoms with van der Waals surface area (Å²) in [5, 5.41) is 10.5. The van der Waals surface area contributed by atoms with E-state index in [9.17, 15) is 14.9 Å². The summed E-state index contributed by atoms with van der Waals surface area (Å²) < 4.78 is 5.40. The molecule has 6 nitrogen and oxygen atoms in total. The number of nitro groups is 1. The Balaban J connectivity index is 1.83. The summed E-state index contributed by atoms with van der Waals surface area (Å²) in [5.41, 5.74) is 0.00741. The number of carbonyl (C=O) groups excluding carboxylic acids is 1. The van der Waals surface area contributed by atoms with Crippen LogP contribution in [-0.4, -0.2) is 35.4 Å². The van der Waals surface area contributed by atoms with Crippen molar-refractivity contribution in [2.24, 2.45) is 0 Å². The van der Waals surface area contributed by atoms with Gasteiger partial charge in [0.2, 0.25) is 0 Å². The first-order valence-corrected chi connectivity index (χ1v) is 7.21. The fourth-order valence-electron chi connectivity index (χ4n) is 2.58. The van der Waals surface area contributed by atoms with Crippen LogP contribution in [0, 0.1) is 10.1 Å². The zero-order valence-electron chi connectivity index (χ0n) is 12.2. The number of hydrogen-bond donors (Lipinski definition) is 0. The molecule has 2 rings (SSSR count). The number of ether oxygens (including phenoxy) is 1. The molecule has 0 heterocycles. The number of nitrogens with zero attached hydrogens (tertiary/aromatic N) is 2. The first-order chi connectivity index (χ1) is 10.1. The topological polar surface area (TPSA) is 72.7 Å². The van der Waals surface area contributed by atoms with Crippen LogP contribution in [0.25, 0.3) is 0 Å². The Labute approximate surface area is 123 Å². The third-order valence-electron chi connectivity index (χ3n) is 3.93. The van der Waals surface area contributed by atoms with Crippen molar-refractivity contribution in [3.05, 3.63) is 34.4 Å². The van der Waals surface area contributed by atoms with Gasteiger partial charge >= 0.3 is 0 Å². The minimum absolute atomic E-state index is 0.00741. The van der Waals surface area contributed by atoms with E-state index < -0.39 is 4.92 Å². The highest BCUT2D eigenvalue weighted by atomic mass is 16.6. The molecule has 1 fully saturated rings. The van der Waals surface area contributed by atoms with Crippen LogP contribution in [0.3, 0.4) is 0 Å². The summed E-state index contributed by atoms with van der Waals surface area (Å²) in [4.78, 5) is 23.9. The Morgan fingerprint density at radius 2 is 1.90 bits per heavy atom. The molecule has 21 heavy (non-hydrogen) atoms. The number of benzene rings is 1. The molecule has 0 aliphatic heterocycles. The normalized spacial score (nSPS) is 15.5. The second kappa shape index (κ2) is 7.06. The molecule has 0 N–H and O–H groups in total. The zero-order chi connectivity index (χ0) is 15.2. The highest BCUT2D eigenvalue weighted by Crippen LogP contribution is 2.22. The summed E-state index contributed by atoms with van der Waals surface area (Å²) >= 11 is 0. The predicted octanol–water partition coefficient (Wildman–Crippen LogP) is 2.76. The fourth-order valence-corrected chi connectivity index (χ4v) is 2.58. The molecule has 0 radical (unpaired) electrons. The third kappa shape index (κ3) is 4.18. The summed E-state index contributed by atoms with van der Waals surface area (Å²) in [6.07, 6.45) is 5.70. The van der Waals surface area contributed by atoms with Crippen molar-refractivity contribution in [3.63, 3.8) is 0 Å². The largest absolute Gasteiger partial charge is 0.484 e. The summed E-state index contributed by atoms with van der Waals surface area (Å²) in [6, 6.07) is 6.06. The lowest BCUT2D eigenvalue weighted by molar-refractivity contribution is -0.384. The number of amides is 1. The second-order valence-corrected chi connectivity index (χ2v) is 5.34. The van der Waals surface area contributed by atoms with Crippen molar-refractivity contribution in [2.75, 3.05) is 13.7 Å². The number of likely N-dealkylation sites (N-methyl/N-ethyl adjacent to an activating group) is 1. The number of rotatable bonds is 5. The van der Waals surface area contributed by atoms with E-state index in [1.165, 1.54) is 43.5 Å². The number of non-ortho nitro benzene ring substituents is 1. The Morgan fingerprint density at radius 1 is 1.29 bits per heavy atom. The molecule has 0 spiro atoms. The van der Waals surface area contributed by atoms with Gasteiger partial charge in [-0.15, -0.1) is 0 Å². The van der Waals surface area contributed by atoms with Crippen LogP contribution < -0.4 is 4.74 Å². The van der Waals surface area contributed by atoms with Gasteiger partial charge in [-0.25, -0.2) is 0 Å². The minimum atomic E-state index is -0.466. The van der Waals surface area contributed by atoms with Crippen LogP contribution in [-0.2, 0) is 4.79 Å². The average molecular weight is 292 g/mol. The smallest absolute Gasteiger partial charge is 0.269 e. The van der Waals surface area contributed by atoms with Crippen molar-refractivity contribution in [3.8, 4) is 5.75 Å². The summed E-state index contributed by atoms with van der Waals surface area (Å²) in [5.74, 6) is 0.409. The van der Waals surface area contributed by atoms with Crippen LogP contribution in [0.1, 0.15) is 32.1 Å². The van der Waals surface area contributed by atoms with Gasteiger partial charge in [-0.05, 0) is 25.0 Å². The lowest BCUT2D eigenvalue weighted by Gasteiger charge is -2.31. The minimum Gasteiger partial charge on any atom is -0.484 e. The standard InChI is InChI=1S/C15H20N2O4/c1-16(12-5-3-2-4-6-12)15(18)11-21-14-9-7-13(8-10-14)17(19)20/h7-10,12H,2-6,11H2,1H3. The van der Waals surface area contributed by atoms with E-state index in [2.05, 4.69) is 0 Å². The van der Waals surface area contributed by atoms with Crippen molar-refractivity contribution in [2.45, 2.75) is 38.1 Å². The Morgan fingerprint density at radius 3 is 2.48 bits per heavy atom. The first kappa shape index (κ1) is 15.3. The molecule has 1 saturated carbocycles. The molecular weight excluding hydrogens is 272 g/mol. The maximum Gasteiger partial charge on any atom is 0.269 e. The van der Waals surface area contributed by atoms with Crippen LogP contribution in [0.4, 0.5) is 5.69 Å². The van der Waals surface area contributed by atoms with Crippen molar-refractivity contribution in [1.82, 2.24) is 4.90 Å². The van der Waals surface area contributed by atoms with E-state index in [4.69, 9.17) is 4.74 Å². The molecule has 0 saturated heterocycles. The van der Waals surface area contributed by atoms with E-state index >= 15 is 0 Å². The van der Waals surface area contributed by atoms with E-state index in [1.807, 2.05) is 7.05 Å². The SMILES string of the molecule is CN(C(=O)COc1ccc([N+](=O)[O-])cc1)C1CCCCC1. The Kier molecular flexibility index (Phi) is 5.14. The van der Waals surface area contributed by atoms with Gasteiger partial charge < -0.3 is 9.64 Å². The Hall–Kier alpha value is -2.11. The zero-order valence-corrected chi connectivity index (χ0v) is 12.2. The van der Waals surface area contributed by atoms with Gasteiger partial charge in [0.25, 0.3) is 11.6 Å². The van der Waals surface area contributed by atoms with Gasteiger partial charge in [0.15, 0.2) is 6.61 Å². The maximum absolute atomic E-state index is 12.1. The highest BCUT2D eigenvalue weighted by molar-refractivity contribution is 5.77. The summed E-state index contributed by atoms with van der Waals surface area (Å²) in [7, 11) is 1.82. The van der Waals surface area contributed by atoms with Gasteiger partial charge in [-0.3, -0.25) is 14.9 Å². The number of nitro benzene ring substituents is 1. The summed E-state index contributed by atoms with van der Waals surface area (Å²) in [6.45, 7) is -0.0369. The van der Waals surface area contributed by atoms with Crippen molar-refractivity contribution in [1.29, 1.82) is 0 Å². The molecular formula is C15H20N2O4. The van der Waals surface area contributed by atoms with Gasteiger partial charge in [-0.1, -0.05) is 19.3 Å². The van der Waals surface area contributed by atoms with E-state index in [0.29, 0.717) is 11.8 Å². The number of hydrogen-bond acceptors (Lipinski definition) is 4. The van der Waals surface area contributed by atoms with Crippen LogP contribution in [0.2, 0.25) is 0 Å². The molecule has 1 aliphatic rings. The van der Waals surface area contributed by atoms with Crippen molar-refractivity contribution >= 4 is 11.6 Å². The first-order valence-electron chi connectivity index (χ1n) is 7.21. The fraction of sp³-hybridized carbons (Fsp3) is 0.533. The molecule has 6 heteroatoms. The molecule has 0 bridgehead atoms. The van der Waals surface area contributed by atoms with E-state index in [0.717, 1.165) is 12.8 Å². The number of carbonyl (C=O) groups is 1. The predicted molar refractivity (Wildman–Crippen MR) is 78.2 cm³/mol. The van der Waals surface area contributed by atoms with Crippen LogP contribution in [0.15, 0.2) is 24.3 Å².